The van der Waals surface area contributed by atoms with Gasteiger partial charge in [-0.1, -0.05) is 30.3 Å². The molecule has 0 aliphatic carbocycles. The lowest BCUT2D eigenvalue weighted by molar-refractivity contribution is -0.127. The molecule has 1 aliphatic heterocycles. The van der Waals surface area contributed by atoms with Gasteiger partial charge in [0.25, 0.3) is 0 Å². The van der Waals surface area contributed by atoms with Crippen LogP contribution in [0, 0.1) is 5.92 Å². The normalized spacial score (nSPS) is 17.5. The second-order valence-electron chi connectivity index (χ2n) is 7.70. The van der Waals surface area contributed by atoms with Crippen molar-refractivity contribution in [3.63, 3.8) is 0 Å². The van der Waals surface area contributed by atoms with Crippen molar-refractivity contribution in [1.29, 1.82) is 0 Å². The van der Waals surface area contributed by atoms with Crippen LogP contribution in [0.4, 0.5) is 5.69 Å². The van der Waals surface area contributed by atoms with Crippen LogP contribution in [-0.2, 0) is 16.1 Å². The topological polar surface area (TPSA) is 79.3 Å². The summed E-state index contributed by atoms with van der Waals surface area (Å²) >= 11 is 0. The van der Waals surface area contributed by atoms with Crippen LogP contribution in [0.25, 0.3) is 0 Å². The van der Waals surface area contributed by atoms with E-state index < -0.39 is 0 Å². The molecule has 1 aliphatic rings. The molecule has 0 spiro atoms. The number of aryl methyl sites for hydroxylation is 1. The van der Waals surface area contributed by atoms with Crippen molar-refractivity contribution in [2.45, 2.75) is 52.2 Å². The standard InChI is InChI=1S/C22H31N5O2/c1-4-27-15-20(14-23-27)25-22(29)19-10-12-26(13-11-19)17(3)21(28)24-16(2)18-8-6-5-7-9-18/h5-9,14-17,19H,4,10-13H2,1-3H3,(H,24,28)(H,25,29). The Balaban J connectivity index is 1.46. The summed E-state index contributed by atoms with van der Waals surface area (Å²) in [6.45, 7) is 8.19. The molecule has 3 rings (SSSR count). The molecule has 7 heteroatoms. The van der Waals surface area contributed by atoms with Gasteiger partial charge in [0.05, 0.1) is 24.0 Å². The van der Waals surface area contributed by atoms with E-state index in [-0.39, 0.29) is 29.8 Å². The van der Waals surface area contributed by atoms with Crippen molar-refractivity contribution in [3.8, 4) is 0 Å². The molecule has 2 aromatic rings. The van der Waals surface area contributed by atoms with Gasteiger partial charge in [-0.3, -0.25) is 19.2 Å². The second kappa shape index (κ2) is 9.69. The van der Waals surface area contributed by atoms with Crippen LogP contribution < -0.4 is 10.6 Å². The first kappa shape index (κ1) is 21.0. The lowest BCUT2D eigenvalue weighted by Gasteiger charge is -2.35. The number of anilines is 1. The smallest absolute Gasteiger partial charge is 0.237 e. The molecular formula is C22H31N5O2. The number of benzene rings is 1. The summed E-state index contributed by atoms with van der Waals surface area (Å²) in [5.74, 6) is 0.0288. The maximum atomic E-state index is 12.7. The molecule has 1 aromatic heterocycles. The van der Waals surface area contributed by atoms with Crippen molar-refractivity contribution in [3.05, 3.63) is 48.3 Å². The fourth-order valence-corrected chi connectivity index (χ4v) is 3.72. The Labute approximate surface area is 172 Å². The molecule has 1 aromatic carbocycles. The van der Waals surface area contributed by atoms with Crippen LogP contribution in [0.1, 0.15) is 45.2 Å². The fourth-order valence-electron chi connectivity index (χ4n) is 3.72. The van der Waals surface area contributed by atoms with E-state index in [0.29, 0.717) is 0 Å². The molecule has 2 heterocycles. The fraction of sp³-hybridized carbons (Fsp3) is 0.500. The van der Waals surface area contributed by atoms with E-state index in [4.69, 9.17) is 0 Å². The Morgan fingerprint density at radius 1 is 1.17 bits per heavy atom. The largest absolute Gasteiger partial charge is 0.348 e. The van der Waals surface area contributed by atoms with E-state index in [0.717, 1.165) is 43.7 Å². The van der Waals surface area contributed by atoms with Gasteiger partial charge in [0, 0.05) is 18.7 Å². The Morgan fingerprint density at radius 2 is 1.86 bits per heavy atom. The number of aromatic nitrogens is 2. The predicted molar refractivity (Wildman–Crippen MR) is 113 cm³/mol. The van der Waals surface area contributed by atoms with E-state index in [2.05, 4.69) is 20.6 Å². The molecule has 0 saturated carbocycles. The first-order valence-corrected chi connectivity index (χ1v) is 10.4. The molecule has 0 radical (unpaired) electrons. The van der Waals surface area contributed by atoms with Gasteiger partial charge in [-0.2, -0.15) is 5.10 Å². The van der Waals surface area contributed by atoms with E-state index >= 15 is 0 Å². The van der Waals surface area contributed by atoms with Crippen molar-refractivity contribution in [2.75, 3.05) is 18.4 Å². The summed E-state index contributed by atoms with van der Waals surface area (Å²) in [7, 11) is 0. The maximum Gasteiger partial charge on any atom is 0.237 e. The zero-order chi connectivity index (χ0) is 20.8. The van der Waals surface area contributed by atoms with Crippen molar-refractivity contribution in [1.82, 2.24) is 20.0 Å². The average molecular weight is 398 g/mol. The second-order valence-corrected chi connectivity index (χ2v) is 7.70. The highest BCUT2D eigenvalue weighted by atomic mass is 16.2. The van der Waals surface area contributed by atoms with Crippen LogP contribution >= 0.6 is 0 Å². The third kappa shape index (κ3) is 5.44. The van der Waals surface area contributed by atoms with Crippen LogP contribution in [0.2, 0.25) is 0 Å². The van der Waals surface area contributed by atoms with Gasteiger partial charge < -0.3 is 10.6 Å². The summed E-state index contributed by atoms with van der Waals surface area (Å²) in [4.78, 5) is 27.4. The highest BCUT2D eigenvalue weighted by molar-refractivity contribution is 5.92. The molecule has 1 saturated heterocycles. The molecule has 156 valence electrons. The van der Waals surface area contributed by atoms with Crippen LogP contribution in [0.3, 0.4) is 0 Å². The number of rotatable bonds is 7. The maximum absolute atomic E-state index is 12.7. The summed E-state index contributed by atoms with van der Waals surface area (Å²) < 4.78 is 1.79. The van der Waals surface area contributed by atoms with Gasteiger partial charge in [-0.05, 0) is 52.3 Å². The number of hydrogen-bond acceptors (Lipinski definition) is 4. The lowest BCUT2D eigenvalue weighted by atomic mass is 9.94. The van der Waals surface area contributed by atoms with Crippen LogP contribution in [0.15, 0.2) is 42.7 Å². The third-order valence-electron chi connectivity index (χ3n) is 5.71. The number of carbonyl (C=O) groups excluding carboxylic acids is 2. The van der Waals surface area contributed by atoms with Crippen molar-refractivity contribution < 1.29 is 9.59 Å². The van der Waals surface area contributed by atoms with Crippen molar-refractivity contribution in [2.24, 2.45) is 5.92 Å². The zero-order valence-corrected chi connectivity index (χ0v) is 17.5. The molecule has 2 atom stereocenters. The molecule has 2 N–H and O–H groups in total. The number of carbonyl (C=O) groups is 2. The molecule has 29 heavy (non-hydrogen) atoms. The van der Waals surface area contributed by atoms with E-state index in [1.165, 1.54) is 0 Å². The minimum absolute atomic E-state index is 0.0243. The van der Waals surface area contributed by atoms with Gasteiger partial charge in [-0.25, -0.2) is 0 Å². The Bertz CT molecular complexity index is 812. The van der Waals surface area contributed by atoms with E-state index in [9.17, 15) is 9.59 Å². The first-order chi connectivity index (χ1) is 14.0. The number of likely N-dealkylation sites (tertiary alicyclic amines) is 1. The van der Waals surface area contributed by atoms with Crippen LogP contribution in [-0.4, -0.2) is 45.6 Å². The summed E-state index contributed by atoms with van der Waals surface area (Å²) in [6.07, 6.45) is 5.02. The van der Waals surface area contributed by atoms with E-state index in [1.54, 1.807) is 10.9 Å². The Hall–Kier alpha value is -2.67. The highest BCUT2D eigenvalue weighted by Crippen LogP contribution is 2.21. The number of piperidine rings is 1. The molecule has 0 bridgehead atoms. The predicted octanol–water partition coefficient (Wildman–Crippen LogP) is 2.82. The molecular weight excluding hydrogens is 366 g/mol. The van der Waals surface area contributed by atoms with Crippen molar-refractivity contribution >= 4 is 17.5 Å². The number of hydrogen-bond donors (Lipinski definition) is 2. The minimum Gasteiger partial charge on any atom is -0.348 e. The monoisotopic (exact) mass is 397 g/mol. The summed E-state index contributed by atoms with van der Waals surface area (Å²) in [5, 5.41) is 10.2. The van der Waals surface area contributed by atoms with Gasteiger partial charge in [0.2, 0.25) is 11.8 Å². The Morgan fingerprint density at radius 3 is 2.48 bits per heavy atom. The van der Waals surface area contributed by atoms with Gasteiger partial charge >= 0.3 is 0 Å². The molecule has 2 amide bonds. The van der Waals surface area contributed by atoms with Gasteiger partial charge in [0.15, 0.2) is 0 Å². The summed E-state index contributed by atoms with van der Waals surface area (Å²) in [6, 6.07) is 9.71. The molecule has 2 unspecified atom stereocenters. The zero-order valence-electron chi connectivity index (χ0n) is 17.5. The minimum atomic E-state index is -0.215. The lowest BCUT2D eigenvalue weighted by Crippen LogP contribution is -2.49. The van der Waals surface area contributed by atoms with Crippen LogP contribution in [0.5, 0.6) is 0 Å². The molecule has 1 fully saturated rings. The first-order valence-electron chi connectivity index (χ1n) is 10.4. The number of amides is 2. The quantitative estimate of drug-likeness (QED) is 0.753. The SMILES string of the molecule is CCn1cc(NC(=O)C2CCN(C(C)C(=O)NC(C)c3ccccc3)CC2)cn1. The number of nitrogens with one attached hydrogen (secondary N) is 2. The highest BCUT2D eigenvalue weighted by Gasteiger charge is 2.30. The summed E-state index contributed by atoms with van der Waals surface area (Å²) in [5.41, 5.74) is 1.83. The molecule has 7 nitrogen and oxygen atoms in total. The van der Waals surface area contributed by atoms with Gasteiger partial charge in [-0.15, -0.1) is 0 Å². The number of nitrogens with zero attached hydrogens (tertiary/aromatic N) is 3. The third-order valence-corrected chi connectivity index (χ3v) is 5.71. The van der Waals surface area contributed by atoms with Gasteiger partial charge in [0.1, 0.15) is 0 Å². The Kier molecular flexibility index (Phi) is 7.04. The van der Waals surface area contributed by atoms with E-state index in [1.807, 2.05) is 57.3 Å². The average Bonchev–Trinajstić information content (AvgIpc) is 3.21.